The Morgan fingerprint density at radius 2 is 2.04 bits per heavy atom. The number of amides is 2. The fourth-order valence-electron chi connectivity index (χ4n) is 2.98. The number of carbonyl (C=O) groups is 3. The maximum atomic E-state index is 13.0. The Kier molecular flexibility index (Phi) is 5.23. The Morgan fingerprint density at radius 1 is 1.35 bits per heavy atom. The Labute approximate surface area is 168 Å². The van der Waals surface area contributed by atoms with Gasteiger partial charge < -0.3 is 9.64 Å². The summed E-state index contributed by atoms with van der Waals surface area (Å²) >= 11 is 9.74. The van der Waals surface area contributed by atoms with Crippen molar-refractivity contribution in [2.45, 2.75) is 19.9 Å². The van der Waals surface area contributed by atoms with E-state index >= 15 is 0 Å². The third-order valence-corrected chi connectivity index (χ3v) is 6.14. The number of anilines is 1. The van der Waals surface area contributed by atoms with Gasteiger partial charge in [0.2, 0.25) is 0 Å². The molecule has 0 aromatic heterocycles. The van der Waals surface area contributed by atoms with E-state index < -0.39 is 17.9 Å². The molecular formula is C17H15BrN2O4S2. The lowest BCUT2D eigenvalue weighted by Crippen LogP contribution is -2.42. The van der Waals surface area contributed by atoms with Crippen molar-refractivity contribution in [2.24, 2.45) is 0 Å². The predicted molar refractivity (Wildman–Crippen MR) is 108 cm³/mol. The fraction of sp³-hybridized carbons (Fsp3) is 0.294. The molecule has 0 bridgehead atoms. The van der Waals surface area contributed by atoms with E-state index in [1.165, 1.54) is 12.0 Å². The van der Waals surface area contributed by atoms with Crippen LogP contribution in [0.5, 0.6) is 0 Å². The van der Waals surface area contributed by atoms with Gasteiger partial charge in [0, 0.05) is 16.6 Å². The van der Waals surface area contributed by atoms with Gasteiger partial charge in [-0.05, 0) is 32.0 Å². The van der Waals surface area contributed by atoms with Gasteiger partial charge in [0.05, 0.1) is 23.3 Å². The average Bonchev–Trinajstić information content (AvgIpc) is 3.05. The number of ether oxygens (including phenoxy) is 1. The molecule has 2 aliphatic heterocycles. The first kappa shape index (κ1) is 19.1. The molecule has 1 saturated heterocycles. The van der Waals surface area contributed by atoms with Crippen molar-refractivity contribution in [3.8, 4) is 0 Å². The van der Waals surface area contributed by atoms with Gasteiger partial charge in [-0.25, -0.2) is 4.79 Å². The van der Waals surface area contributed by atoms with Crippen LogP contribution < -0.4 is 4.90 Å². The molecule has 1 aromatic carbocycles. The lowest BCUT2D eigenvalue weighted by atomic mass is 10.1. The molecule has 0 radical (unpaired) electrons. The van der Waals surface area contributed by atoms with Gasteiger partial charge in [-0.1, -0.05) is 39.9 Å². The number of nitrogens with zero attached hydrogens (tertiary/aromatic N) is 2. The number of benzene rings is 1. The summed E-state index contributed by atoms with van der Waals surface area (Å²) in [6.07, 6.45) is 0. The lowest BCUT2D eigenvalue weighted by Gasteiger charge is -2.20. The van der Waals surface area contributed by atoms with E-state index in [2.05, 4.69) is 15.9 Å². The third kappa shape index (κ3) is 2.87. The number of thiocarbonyl (C=S) groups is 1. The largest absolute Gasteiger partial charge is 0.467 e. The monoisotopic (exact) mass is 454 g/mol. The summed E-state index contributed by atoms with van der Waals surface area (Å²) in [4.78, 5) is 40.8. The number of methoxy groups -OCH3 is 1. The first-order valence-corrected chi connectivity index (χ1v) is 9.82. The van der Waals surface area contributed by atoms with E-state index in [-0.39, 0.29) is 15.1 Å². The van der Waals surface area contributed by atoms with Crippen molar-refractivity contribution in [3.63, 3.8) is 0 Å². The lowest BCUT2D eigenvalue weighted by molar-refractivity contribution is -0.147. The van der Waals surface area contributed by atoms with Crippen LogP contribution in [-0.2, 0) is 19.1 Å². The summed E-state index contributed by atoms with van der Waals surface area (Å²) in [5.41, 5.74) is 1.75. The van der Waals surface area contributed by atoms with E-state index in [1.54, 1.807) is 11.8 Å². The molecule has 1 aromatic rings. The van der Waals surface area contributed by atoms with E-state index in [1.807, 2.05) is 25.1 Å². The molecule has 9 heteroatoms. The average molecular weight is 455 g/mol. The normalized spacial score (nSPS) is 20.7. The van der Waals surface area contributed by atoms with Crippen molar-refractivity contribution in [1.82, 2.24) is 4.90 Å². The summed E-state index contributed by atoms with van der Waals surface area (Å²) in [7, 11) is 1.25. The maximum absolute atomic E-state index is 13.0. The summed E-state index contributed by atoms with van der Waals surface area (Å²) in [5, 5.41) is 0. The van der Waals surface area contributed by atoms with E-state index in [0.29, 0.717) is 17.7 Å². The first-order chi connectivity index (χ1) is 12.3. The Bertz CT molecular complexity index is 884. The second kappa shape index (κ2) is 7.13. The highest BCUT2D eigenvalue weighted by Gasteiger charge is 2.44. The predicted octanol–water partition coefficient (Wildman–Crippen LogP) is 2.95. The van der Waals surface area contributed by atoms with E-state index in [9.17, 15) is 14.4 Å². The van der Waals surface area contributed by atoms with Crippen LogP contribution in [0, 0.1) is 0 Å². The second-order valence-electron chi connectivity index (χ2n) is 5.66. The molecule has 3 rings (SSSR count). The second-order valence-corrected chi connectivity index (χ2v) is 8.22. The number of fused-ring (bicyclic) bond motifs is 1. The molecule has 1 fully saturated rings. The van der Waals surface area contributed by atoms with Crippen LogP contribution in [-0.4, -0.2) is 46.7 Å². The molecule has 1 atom stereocenters. The van der Waals surface area contributed by atoms with Crippen LogP contribution in [0.2, 0.25) is 0 Å². The standard InChI is InChI=1S/C17H15BrN2O4S2/c1-4-19-11-6-5-9(18)7-10(11)12(14(19)21)13-15(22)20(17(25)26-13)8(2)16(23)24-3/h5-8H,4H2,1-3H3/b13-12-/t8-/m1/s1. The van der Waals surface area contributed by atoms with Crippen LogP contribution in [0.15, 0.2) is 27.6 Å². The first-order valence-electron chi connectivity index (χ1n) is 7.81. The molecule has 0 aliphatic carbocycles. The highest BCUT2D eigenvalue weighted by Crippen LogP contribution is 2.45. The zero-order valence-electron chi connectivity index (χ0n) is 14.2. The molecule has 0 unspecified atom stereocenters. The van der Waals surface area contributed by atoms with Crippen molar-refractivity contribution in [3.05, 3.63) is 33.1 Å². The summed E-state index contributed by atoms with van der Waals surface area (Å²) in [5.74, 6) is -1.26. The number of carbonyl (C=O) groups excluding carboxylic acids is 3. The molecule has 0 saturated carbocycles. The van der Waals surface area contributed by atoms with Crippen LogP contribution in [0.25, 0.3) is 5.57 Å². The van der Waals surface area contributed by atoms with Crippen LogP contribution in [0.3, 0.4) is 0 Å². The van der Waals surface area contributed by atoms with Crippen LogP contribution in [0.1, 0.15) is 19.4 Å². The van der Waals surface area contributed by atoms with Crippen molar-refractivity contribution in [1.29, 1.82) is 0 Å². The molecule has 2 amide bonds. The van der Waals surface area contributed by atoms with Gasteiger partial charge in [0.1, 0.15) is 10.4 Å². The highest BCUT2D eigenvalue weighted by molar-refractivity contribution is 9.10. The summed E-state index contributed by atoms with van der Waals surface area (Å²) < 4.78 is 5.75. The molecule has 2 aliphatic rings. The van der Waals surface area contributed by atoms with Crippen molar-refractivity contribution in [2.75, 3.05) is 18.6 Å². The van der Waals surface area contributed by atoms with Crippen LogP contribution in [0.4, 0.5) is 5.69 Å². The minimum absolute atomic E-state index is 0.231. The van der Waals surface area contributed by atoms with Gasteiger partial charge in [-0.3, -0.25) is 14.5 Å². The van der Waals surface area contributed by atoms with Crippen molar-refractivity contribution >= 4 is 73.3 Å². The maximum Gasteiger partial charge on any atom is 0.328 e. The smallest absolute Gasteiger partial charge is 0.328 e. The highest BCUT2D eigenvalue weighted by atomic mass is 79.9. The molecule has 2 heterocycles. The molecular weight excluding hydrogens is 440 g/mol. The molecule has 6 nitrogen and oxygen atoms in total. The molecule has 0 N–H and O–H groups in total. The number of likely N-dealkylation sites (N-methyl/N-ethyl adjacent to an activating group) is 1. The van der Waals surface area contributed by atoms with Gasteiger partial charge in [0.25, 0.3) is 11.8 Å². The Morgan fingerprint density at radius 3 is 2.65 bits per heavy atom. The number of rotatable bonds is 3. The topological polar surface area (TPSA) is 66.9 Å². The quantitative estimate of drug-likeness (QED) is 0.397. The number of esters is 1. The van der Waals surface area contributed by atoms with Crippen molar-refractivity contribution < 1.29 is 19.1 Å². The molecule has 136 valence electrons. The van der Waals surface area contributed by atoms with Gasteiger partial charge >= 0.3 is 5.97 Å². The number of halogens is 1. The Hall–Kier alpha value is -1.71. The molecule has 26 heavy (non-hydrogen) atoms. The SMILES string of the molecule is CCN1C(=O)/C(=C2\SC(=S)N([C@H](C)C(=O)OC)C2=O)c2cc(Br)ccc21. The fourth-order valence-corrected chi connectivity index (χ4v) is 4.83. The zero-order chi connectivity index (χ0) is 19.2. The van der Waals surface area contributed by atoms with Gasteiger partial charge in [-0.15, -0.1) is 0 Å². The number of hydrogen-bond donors (Lipinski definition) is 0. The minimum atomic E-state index is -0.855. The number of hydrogen-bond acceptors (Lipinski definition) is 6. The Balaban J connectivity index is 2.13. The van der Waals surface area contributed by atoms with Gasteiger partial charge in [0.15, 0.2) is 0 Å². The summed E-state index contributed by atoms with van der Waals surface area (Å²) in [6.45, 7) is 3.90. The number of thioether (sulfide) groups is 1. The van der Waals surface area contributed by atoms with E-state index in [0.717, 1.165) is 21.9 Å². The summed E-state index contributed by atoms with van der Waals surface area (Å²) in [6, 6.07) is 4.65. The minimum Gasteiger partial charge on any atom is -0.467 e. The zero-order valence-corrected chi connectivity index (χ0v) is 17.5. The van der Waals surface area contributed by atoms with E-state index in [4.69, 9.17) is 17.0 Å². The molecule has 0 spiro atoms. The third-order valence-electron chi connectivity index (χ3n) is 4.25. The van der Waals surface area contributed by atoms with Gasteiger partial charge in [-0.2, -0.15) is 0 Å². The van der Waals surface area contributed by atoms with Crippen LogP contribution >= 0.6 is 39.9 Å².